The molecule has 0 saturated carbocycles. The van der Waals surface area contributed by atoms with Crippen molar-refractivity contribution < 1.29 is 19.1 Å². The molecule has 1 heterocycles. The van der Waals surface area contributed by atoms with Crippen molar-refractivity contribution in [1.82, 2.24) is 10.6 Å². The van der Waals surface area contributed by atoms with Crippen LogP contribution in [0.5, 0.6) is 5.75 Å². The summed E-state index contributed by atoms with van der Waals surface area (Å²) < 4.78 is 5.35. The predicted octanol–water partition coefficient (Wildman–Crippen LogP) is 1.00. The zero-order valence-electron chi connectivity index (χ0n) is 10.5. The van der Waals surface area contributed by atoms with Crippen LogP contribution < -0.4 is 15.4 Å². The van der Waals surface area contributed by atoms with Crippen LogP contribution >= 0.6 is 0 Å². The molecule has 0 bridgehead atoms. The van der Waals surface area contributed by atoms with Gasteiger partial charge in [-0.05, 0) is 23.8 Å². The Bertz CT molecular complexity index is 597. The van der Waals surface area contributed by atoms with E-state index < -0.39 is 17.8 Å². The lowest BCUT2D eigenvalue weighted by Gasteiger charge is -2.14. The minimum Gasteiger partial charge on any atom is -0.490 e. The van der Waals surface area contributed by atoms with Crippen molar-refractivity contribution in [3.05, 3.63) is 48.1 Å². The number of rotatable bonds is 4. The fraction of sp³-hybridized carbons (Fsp3) is 0.0714. The maximum Gasteiger partial charge on any atom is 0.328 e. The summed E-state index contributed by atoms with van der Waals surface area (Å²) in [6, 6.07) is 6.04. The van der Waals surface area contributed by atoms with E-state index in [1.807, 2.05) is 10.6 Å². The molecule has 0 radical (unpaired) electrons. The van der Waals surface area contributed by atoms with E-state index in [4.69, 9.17) is 4.74 Å². The number of hydrogen-bond donors (Lipinski definition) is 2. The molecule has 2 N–H and O–H groups in total. The largest absolute Gasteiger partial charge is 0.490 e. The quantitative estimate of drug-likeness (QED) is 0.486. The third kappa shape index (κ3) is 3.11. The van der Waals surface area contributed by atoms with Crippen molar-refractivity contribution in [2.24, 2.45) is 0 Å². The molecule has 0 unspecified atom stereocenters. The smallest absolute Gasteiger partial charge is 0.328 e. The van der Waals surface area contributed by atoms with Crippen LogP contribution in [-0.4, -0.2) is 24.5 Å². The molecule has 1 fully saturated rings. The Morgan fingerprint density at radius 2 is 1.85 bits per heavy atom. The van der Waals surface area contributed by atoms with Gasteiger partial charge in [0.05, 0.1) is 0 Å². The first-order valence-electron chi connectivity index (χ1n) is 5.82. The van der Waals surface area contributed by atoms with Crippen molar-refractivity contribution in [1.29, 1.82) is 0 Å². The molecule has 6 nitrogen and oxygen atoms in total. The van der Waals surface area contributed by atoms with Crippen molar-refractivity contribution in [2.45, 2.75) is 0 Å². The molecule has 1 aromatic rings. The third-order valence-electron chi connectivity index (χ3n) is 2.48. The van der Waals surface area contributed by atoms with Crippen LogP contribution in [0, 0.1) is 0 Å². The zero-order chi connectivity index (χ0) is 14.5. The topological polar surface area (TPSA) is 84.5 Å². The first-order chi connectivity index (χ1) is 9.60. The highest BCUT2D eigenvalue weighted by atomic mass is 16.5. The standard InChI is InChI=1S/C14H12N2O4/c1-2-6-20-10-5-3-4-9(7-10)8-11-12(17)15-14(19)16-13(11)18/h2-5,7-8H,1,6H2,(H2,15,16,17,18,19). The molecule has 102 valence electrons. The van der Waals surface area contributed by atoms with Gasteiger partial charge in [-0.1, -0.05) is 24.8 Å². The Labute approximate surface area is 115 Å². The summed E-state index contributed by atoms with van der Waals surface area (Å²) in [5.41, 5.74) is 0.478. The van der Waals surface area contributed by atoms with E-state index in [0.717, 1.165) is 0 Å². The monoisotopic (exact) mass is 272 g/mol. The fourth-order valence-electron chi connectivity index (χ4n) is 1.62. The number of ether oxygens (including phenoxy) is 1. The van der Waals surface area contributed by atoms with Gasteiger partial charge in [-0.2, -0.15) is 0 Å². The summed E-state index contributed by atoms with van der Waals surface area (Å²) in [5.74, 6) is -0.862. The molecule has 0 atom stereocenters. The summed E-state index contributed by atoms with van der Waals surface area (Å²) in [5, 5.41) is 4.01. The number of nitrogens with one attached hydrogen (secondary N) is 2. The Kier molecular flexibility index (Phi) is 3.95. The van der Waals surface area contributed by atoms with E-state index in [-0.39, 0.29) is 5.57 Å². The first kappa shape index (κ1) is 13.5. The molecule has 0 aromatic heterocycles. The number of carbonyl (C=O) groups excluding carboxylic acids is 3. The molecular formula is C14H12N2O4. The van der Waals surface area contributed by atoms with Crippen LogP contribution in [-0.2, 0) is 9.59 Å². The Morgan fingerprint density at radius 3 is 2.50 bits per heavy atom. The molecule has 1 aliphatic heterocycles. The molecule has 1 aromatic carbocycles. The van der Waals surface area contributed by atoms with E-state index in [1.165, 1.54) is 6.08 Å². The van der Waals surface area contributed by atoms with Gasteiger partial charge in [0.25, 0.3) is 11.8 Å². The molecule has 2 rings (SSSR count). The highest BCUT2D eigenvalue weighted by molar-refractivity contribution is 6.31. The molecule has 4 amide bonds. The maximum atomic E-state index is 11.6. The summed E-state index contributed by atoms with van der Waals surface area (Å²) in [4.78, 5) is 34.1. The molecular weight excluding hydrogens is 260 g/mol. The summed E-state index contributed by atoms with van der Waals surface area (Å²) in [6.45, 7) is 3.90. The first-order valence-corrected chi connectivity index (χ1v) is 5.82. The SMILES string of the molecule is C=CCOc1cccc(C=C2C(=O)NC(=O)NC2=O)c1. The summed E-state index contributed by atoms with van der Waals surface area (Å²) >= 11 is 0. The highest BCUT2D eigenvalue weighted by Crippen LogP contribution is 2.16. The van der Waals surface area contributed by atoms with Gasteiger partial charge in [0.2, 0.25) is 0 Å². The number of hydrogen-bond acceptors (Lipinski definition) is 4. The van der Waals surface area contributed by atoms with Gasteiger partial charge in [0, 0.05) is 0 Å². The second kappa shape index (κ2) is 5.83. The number of imide groups is 2. The zero-order valence-corrected chi connectivity index (χ0v) is 10.5. The Balaban J connectivity index is 2.25. The van der Waals surface area contributed by atoms with Gasteiger partial charge in [-0.25, -0.2) is 4.79 Å². The second-order valence-electron chi connectivity index (χ2n) is 3.97. The lowest BCUT2D eigenvalue weighted by Crippen LogP contribution is -2.51. The fourth-order valence-corrected chi connectivity index (χ4v) is 1.62. The molecule has 1 aliphatic rings. The number of carbonyl (C=O) groups is 3. The van der Waals surface area contributed by atoms with Crippen LogP contribution in [0.15, 0.2) is 42.5 Å². The Hall–Kier alpha value is -2.89. The van der Waals surface area contributed by atoms with Crippen molar-refractivity contribution in [3.63, 3.8) is 0 Å². The highest BCUT2D eigenvalue weighted by Gasteiger charge is 2.27. The Morgan fingerprint density at radius 1 is 1.15 bits per heavy atom. The molecule has 6 heteroatoms. The summed E-state index contributed by atoms with van der Waals surface area (Å²) in [6.07, 6.45) is 3.00. The van der Waals surface area contributed by atoms with E-state index in [0.29, 0.717) is 17.9 Å². The lowest BCUT2D eigenvalue weighted by molar-refractivity contribution is -0.123. The van der Waals surface area contributed by atoms with E-state index in [2.05, 4.69) is 6.58 Å². The van der Waals surface area contributed by atoms with Crippen molar-refractivity contribution in [3.8, 4) is 5.75 Å². The average Bonchev–Trinajstić information content (AvgIpc) is 2.41. The molecule has 0 aliphatic carbocycles. The van der Waals surface area contributed by atoms with Gasteiger partial charge >= 0.3 is 6.03 Å². The van der Waals surface area contributed by atoms with E-state index >= 15 is 0 Å². The minimum absolute atomic E-state index is 0.134. The molecule has 0 spiro atoms. The van der Waals surface area contributed by atoms with Gasteiger partial charge in [0.1, 0.15) is 17.9 Å². The lowest BCUT2D eigenvalue weighted by atomic mass is 10.1. The van der Waals surface area contributed by atoms with Crippen molar-refractivity contribution in [2.75, 3.05) is 6.61 Å². The third-order valence-corrected chi connectivity index (χ3v) is 2.48. The van der Waals surface area contributed by atoms with Crippen LogP contribution in [0.1, 0.15) is 5.56 Å². The van der Waals surface area contributed by atoms with Gasteiger partial charge in [-0.15, -0.1) is 0 Å². The number of barbiturate groups is 1. The van der Waals surface area contributed by atoms with Crippen molar-refractivity contribution >= 4 is 23.9 Å². The van der Waals surface area contributed by atoms with E-state index in [1.54, 1.807) is 30.3 Å². The van der Waals surface area contributed by atoms with Crippen LogP contribution in [0.3, 0.4) is 0 Å². The predicted molar refractivity (Wildman–Crippen MR) is 71.8 cm³/mol. The molecule has 20 heavy (non-hydrogen) atoms. The maximum absolute atomic E-state index is 11.6. The second-order valence-corrected chi connectivity index (χ2v) is 3.97. The molecule has 1 saturated heterocycles. The van der Waals surface area contributed by atoms with Gasteiger partial charge in [0.15, 0.2) is 0 Å². The van der Waals surface area contributed by atoms with E-state index in [9.17, 15) is 14.4 Å². The number of urea groups is 1. The van der Waals surface area contributed by atoms with Crippen LogP contribution in [0.4, 0.5) is 4.79 Å². The summed E-state index contributed by atoms with van der Waals surface area (Å²) in [7, 11) is 0. The average molecular weight is 272 g/mol. The normalized spacial score (nSPS) is 14.4. The number of benzene rings is 1. The van der Waals surface area contributed by atoms with Gasteiger partial charge < -0.3 is 4.74 Å². The van der Waals surface area contributed by atoms with Crippen LogP contribution in [0.2, 0.25) is 0 Å². The number of amides is 4. The minimum atomic E-state index is -0.819. The van der Waals surface area contributed by atoms with Crippen LogP contribution in [0.25, 0.3) is 6.08 Å². The van der Waals surface area contributed by atoms with Gasteiger partial charge in [-0.3, -0.25) is 20.2 Å².